The predicted molar refractivity (Wildman–Crippen MR) is 96.7 cm³/mol. The number of nitrogens with one attached hydrogen (secondary N) is 1. The zero-order chi connectivity index (χ0) is 18.4. The summed E-state index contributed by atoms with van der Waals surface area (Å²) in [6, 6.07) is 9.94. The van der Waals surface area contributed by atoms with Crippen LogP contribution in [0.3, 0.4) is 0 Å². The van der Waals surface area contributed by atoms with E-state index >= 15 is 0 Å². The van der Waals surface area contributed by atoms with Gasteiger partial charge in [-0.15, -0.1) is 11.3 Å². The SMILES string of the molecule is CCOC(=O)c1sc(N)c(C#N)c1C[NH+](C)Cc1ccc(OC)cc1. The number of hydrogen-bond acceptors (Lipinski definition) is 6. The number of nitrogens with zero attached hydrogens (tertiary/aromatic N) is 1. The van der Waals surface area contributed by atoms with Crippen molar-refractivity contribution in [2.24, 2.45) is 0 Å². The number of rotatable bonds is 7. The van der Waals surface area contributed by atoms with Crippen LogP contribution in [0.5, 0.6) is 5.75 Å². The molecular weight excluding hydrogens is 338 g/mol. The van der Waals surface area contributed by atoms with Crippen LogP contribution >= 0.6 is 11.3 Å². The summed E-state index contributed by atoms with van der Waals surface area (Å²) in [6.45, 7) is 3.29. The molecule has 0 aliphatic heterocycles. The Morgan fingerprint density at radius 3 is 2.56 bits per heavy atom. The van der Waals surface area contributed by atoms with Crippen LogP contribution in [0.2, 0.25) is 0 Å². The van der Waals surface area contributed by atoms with Gasteiger partial charge >= 0.3 is 5.97 Å². The molecule has 0 bridgehead atoms. The maximum Gasteiger partial charge on any atom is 0.348 e. The number of thiophene rings is 1. The van der Waals surface area contributed by atoms with E-state index in [4.69, 9.17) is 15.2 Å². The van der Waals surface area contributed by atoms with E-state index in [0.29, 0.717) is 27.5 Å². The molecule has 0 aliphatic carbocycles. The minimum absolute atomic E-state index is 0.284. The van der Waals surface area contributed by atoms with E-state index in [1.54, 1.807) is 14.0 Å². The highest BCUT2D eigenvalue weighted by Gasteiger charge is 2.25. The van der Waals surface area contributed by atoms with Crippen molar-refractivity contribution in [3.05, 3.63) is 45.8 Å². The number of nitrogen functional groups attached to an aromatic ring is 1. The van der Waals surface area contributed by atoms with E-state index < -0.39 is 5.97 Å². The minimum Gasteiger partial charge on any atom is -0.497 e. The second-order valence-electron chi connectivity index (χ2n) is 5.64. The highest BCUT2D eigenvalue weighted by Crippen LogP contribution is 2.30. The molecule has 6 nitrogen and oxygen atoms in total. The molecule has 1 heterocycles. The third-order valence-corrected chi connectivity index (χ3v) is 4.79. The first-order chi connectivity index (χ1) is 12.0. The van der Waals surface area contributed by atoms with Crippen LogP contribution in [0.4, 0.5) is 5.00 Å². The minimum atomic E-state index is -0.423. The lowest BCUT2D eigenvalue weighted by atomic mass is 10.1. The molecule has 0 saturated carbocycles. The van der Waals surface area contributed by atoms with Gasteiger partial charge in [0, 0.05) is 5.56 Å². The number of carbonyl (C=O) groups excluding carboxylic acids is 1. The van der Waals surface area contributed by atoms with Gasteiger partial charge < -0.3 is 20.1 Å². The lowest BCUT2D eigenvalue weighted by molar-refractivity contribution is -0.907. The van der Waals surface area contributed by atoms with Crippen molar-refractivity contribution in [1.29, 1.82) is 5.26 Å². The molecule has 0 aliphatic rings. The van der Waals surface area contributed by atoms with E-state index in [9.17, 15) is 10.1 Å². The van der Waals surface area contributed by atoms with Crippen LogP contribution < -0.4 is 15.4 Å². The summed E-state index contributed by atoms with van der Waals surface area (Å²) in [4.78, 5) is 13.7. The first-order valence-corrected chi connectivity index (χ1v) is 8.74. The lowest BCUT2D eigenvalue weighted by Gasteiger charge is -2.15. The molecule has 0 spiro atoms. The summed E-state index contributed by atoms with van der Waals surface area (Å²) in [5.41, 5.74) is 8.09. The molecule has 1 aromatic carbocycles. The van der Waals surface area contributed by atoms with Crippen LogP contribution in [0.25, 0.3) is 0 Å². The van der Waals surface area contributed by atoms with Crippen molar-refractivity contribution in [2.75, 3.05) is 26.5 Å². The largest absolute Gasteiger partial charge is 0.497 e. The molecule has 2 rings (SSSR count). The zero-order valence-electron chi connectivity index (χ0n) is 14.6. The monoisotopic (exact) mass is 360 g/mol. The molecule has 25 heavy (non-hydrogen) atoms. The van der Waals surface area contributed by atoms with Gasteiger partial charge in [-0.3, -0.25) is 0 Å². The average molecular weight is 360 g/mol. The Morgan fingerprint density at radius 2 is 2.00 bits per heavy atom. The number of quaternary nitrogens is 1. The van der Waals surface area contributed by atoms with Crippen LogP contribution in [0.1, 0.15) is 33.3 Å². The number of carbonyl (C=O) groups is 1. The fraction of sp³-hybridized carbons (Fsp3) is 0.333. The van der Waals surface area contributed by atoms with E-state index in [0.717, 1.165) is 34.1 Å². The Balaban J connectivity index is 2.19. The third-order valence-electron chi connectivity index (χ3n) is 3.75. The standard InChI is InChI=1S/C18H21N3O3S/c1-4-24-18(22)16-15(14(9-19)17(20)25-16)11-21(2)10-12-5-7-13(23-3)8-6-12/h5-8H,4,10-11,20H2,1-3H3/p+1. The number of nitriles is 1. The molecule has 0 radical (unpaired) electrons. The van der Waals surface area contributed by atoms with Crippen molar-refractivity contribution in [2.45, 2.75) is 20.0 Å². The van der Waals surface area contributed by atoms with Gasteiger partial charge in [-0.25, -0.2) is 4.79 Å². The molecule has 0 fully saturated rings. The first kappa shape index (κ1) is 18.8. The average Bonchev–Trinajstić information content (AvgIpc) is 2.91. The predicted octanol–water partition coefficient (Wildman–Crippen LogP) is 1.60. The number of methoxy groups -OCH3 is 1. The van der Waals surface area contributed by atoms with Gasteiger partial charge in [-0.05, 0) is 31.2 Å². The van der Waals surface area contributed by atoms with E-state index in [1.165, 1.54) is 0 Å². The lowest BCUT2D eigenvalue weighted by Crippen LogP contribution is -3.06. The van der Waals surface area contributed by atoms with Crippen LogP contribution in [-0.2, 0) is 17.8 Å². The Morgan fingerprint density at radius 1 is 1.32 bits per heavy atom. The molecule has 0 saturated heterocycles. The van der Waals surface area contributed by atoms with Gasteiger partial charge in [0.2, 0.25) is 0 Å². The smallest absolute Gasteiger partial charge is 0.348 e. The van der Waals surface area contributed by atoms with E-state index in [-0.39, 0.29) is 6.61 Å². The zero-order valence-corrected chi connectivity index (χ0v) is 15.4. The fourth-order valence-corrected chi connectivity index (χ4v) is 3.52. The van der Waals surface area contributed by atoms with Crippen LogP contribution in [0, 0.1) is 11.3 Å². The second kappa shape index (κ2) is 8.51. The van der Waals surface area contributed by atoms with Crippen molar-refractivity contribution >= 4 is 22.3 Å². The summed E-state index contributed by atoms with van der Waals surface area (Å²) < 4.78 is 10.3. The summed E-state index contributed by atoms with van der Waals surface area (Å²) in [7, 11) is 3.64. The Kier molecular flexibility index (Phi) is 6.39. The highest BCUT2D eigenvalue weighted by molar-refractivity contribution is 7.18. The summed E-state index contributed by atoms with van der Waals surface area (Å²) >= 11 is 1.12. The molecule has 1 aromatic heterocycles. The highest BCUT2D eigenvalue weighted by atomic mass is 32.1. The molecule has 1 unspecified atom stereocenters. The topological polar surface area (TPSA) is 89.8 Å². The number of ether oxygens (including phenoxy) is 2. The van der Waals surface area contributed by atoms with Gasteiger partial charge in [0.25, 0.3) is 0 Å². The van der Waals surface area contributed by atoms with Crippen molar-refractivity contribution in [1.82, 2.24) is 0 Å². The normalized spacial score (nSPS) is 11.6. The summed E-state index contributed by atoms with van der Waals surface area (Å²) in [5.74, 6) is 0.385. The number of anilines is 1. The summed E-state index contributed by atoms with van der Waals surface area (Å²) in [6.07, 6.45) is 0. The molecular formula is C18H22N3O3S+. The fourth-order valence-electron chi connectivity index (χ4n) is 2.59. The molecule has 7 heteroatoms. The van der Waals surface area contributed by atoms with Gasteiger partial charge in [-0.2, -0.15) is 5.26 Å². The first-order valence-electron chi connectivity index (χ1n) is 7.92. The molecule has 0 amide bonds. The Labute approximate surface area is 151 Å². The Hall–Kier alpha value is -2.56. The van der Waals surface area contributed by atoms with Gasteiger partial charge in [0.05, 0.1) is 31.9 Å². The quantitative estimate of drug-likeness (QED) is 0.732. The molecule has 2 aromatic rings. The maximum absolute atomic E-state index is 12.2. The van der Waals surface area contributed by atoms with Gasteiger partial charge in [0.15, 0.2) is 0 Å². The van der Waals surface area contributed by atoms with E-state index in [2.05, 4.69) is 6.07 Å². The van der Waals surface area contributed by atoms with Crippen LogP contribution in [0.15, 0.2) is 24.3 Å². The maximum atomic E-state index is 12.2. The molecule has 132 valence electrons. The number of nitrogens with two attached hydrogens (primary N) is 1. The van der Waals surface area contributed by atoms with E-state index in [1.807, 2.05) is 31.3 Å². The van der Waals surface area contributed by atoms with Crippen molar-refractivity contribution in [3.8, 4) is 11.8 Å². The van der Waals surface area contributed by atoms with Gasteiger partial charge in [0.1, 0.15) is 34.8 Å². The number of hydrogen-bond donors (Lipinski definition) is 2. The van der Waals surface area contributed by atoms with Gasteiger partial charge in [-0.1, -0.05) is 0 Å². The Bertz CT molecular complexity index is 778. The molecule has 1 atom stereocenters. The number of esters is 1. The molecule has 3 N–H and O–H groups in total. The van der Waals surface area contributed by atoms with Crippen LogP contribution in [-0.4, -0.2) is 26.7 Å². The second-order valence-corrected chi connectivity index (χ2v) is 6.69. The van der Waals surface area contributed by atoms with Crippen molar-refractivity contribution < 1.29 is 19.2 Å². The summed E-state index contributed by atoms with van der Waals surface area (Å²) in [5, 5.41) is 9.75. The third kappa shape index (κ3) is 4.50. The van der Waals surface area contributed by atoms with Crippen molar-refractivity contribution in [3.63, 3.8) is 0 Å². The number of benzene rings is 1.